The van der Waals surface area contributed by atoms with Gasteiger partial charge in [0.25, 0.3) is 0 Å². The summed E-state index contributed by atoms with van der Waals surface area (Å²) in [5.74, 6) is 0. The van der Waals surface area contributed by atoms with Crippen LogP contribution in [0.5, 0.6) is 0 Å². The first kappa shape index (κ1) is 17.6. The Labute approximate surface area is 133 Å². The second-order valence-corrected chi connectivity index (χ2v) is 5.56. The normalized spacial score (nSPS) is 10.8. The first-order chi connectivity index (χ1) is 9.51. The lowest BCUT2D eigenvalue weighted by atomic mass is 10.2. The second kappa shape index (κ2) is 7.50. The van der Waals surface area contributed by atoms with E-state index >= 15 is 0 Å². The van der Waals surface area contributed by atoms with E-state index in [9.17, 15) is 0 Å². The van der Waals surface area contributed by atoms with E-state index in [1.54, 1.807) is 0 Å². The Kier molecular flexibility index (Phi) is 6.27. The number of hydrogen-bond donors (Lipinski definition) is 1. The third-order valence-corrected chi connectivity index (χ3v) is 3.42. The second-order valence-electron chi connectivity index (χ2n) is 5.56. The van der Waals surface area contributed by atoms with Crippen LogP contribution in [0, 0.1) is 13.8 Å². The summed E-state index contributed by atoms with van der Waals surface area (Å²) < 4.78 is 4.02. The predicted molar refractivity (Wildman–Crippen MR) is 89.2 cm³/mol. The minimum absolute atomic E-state index is 0. The maximum absolute atomic E-state index is 4.52. The van der Waals surface area contributed by atoms with Gasteiger partial charge in [-0.05, 0) is 34.1 Å². The minimum Gasteiger partial charge on any atom is -0.378 e. The molecule has 0 aromatic carbocycles. The molecule has 6 heteroatoms. The van der Waals surface area contributed by atoms with Crippen LogP contribution < -0.4 is 5.32 Å². The molecule has 0 unspecified atom stereocenters. The van der Waals surface area contributed by atoms with Crippen molar-refractivity contribution in [3.8, 4) is 0 Å². The van der Waals surface area contributed by atoms with Crippen molar-refractivity contribution in [3.05, 3.63) is 29.3 Å². The van der Waals surface area contributed by atoms with Crippen LogP contribution in [0.2, 0.25) is 0 Å². The van der Waals surface area contributed by atoms with Crippen molar-refractivity contribution < 1.29 is 0 Å². The van der Waals surface area contributed by atoms with Crippen molar-refractivity contribution in [2.45, 2.75) is 60.2 Å². The Morgan fingerprint density at radius 2 is 1.86 bits per heavy atom. The highest BCUT2D eigenvalue weighted by Crippen LogP contribution is 2.17. The number of aromatic nitrogens is 4. The van der Waals surface area contributed by atoms with Crippen LogP contribution in [0.4, 0.5) is 5.69 Å². The van der Waals surface area contributed by atoms with Crippen LogP contribution in [0.25, 0.3) is 0 Å². The zero-order chi connectivity index (χ0) is 14.7. The molecule has 5 nitrogen and oxygen atoms in total. The molecule has 0 aliphatic carbocycles. The molecular formula is C15H26ClN5. The Hall–Kier alpha value is -1.49. The Balaban J connectivity index is 0.00000220. The van der Waals surface area contributed by atoms with Gasteiger partial charge in [-0.1, -0.05) is 6.92 Å². The van der Waals surface area contributed by atoms with E-state index in [-0.39, 0.29) is 12.4 Å². The molecule has 1 N–H and O–H groups in total. The molecule has 0 bridgehead atoms. The lowest BCUT2D eigenvalue weighted by molar-refractivity contribution is 0.529. The lowest BCUT2D eigenvalue weighted by Crippen LogP contribution is -2.01. The summed E-state index contributed by atoms with van der Waals surface area (Å²) in [6.07, 6.45) is 5.31. The summed E-state index contributed by atoms with van der Waals surface area (Å²) in [5.41, 5.74) is 4.48. The fourth-order valence-corrected chi connectivity index (χ4v) is 2.19. The molecule has 0 aliphatic heterocycles. The molecule has 2 aromatic rings. The van der Waals surface area contributed by atoms with Crippen molar-refractivity contribution in [1.29, 1.82) is 0 Å². The van der Waals surface area contributed by atoms with Crippen molar-refractivity contribution in [2.24, 2.45) is 0 Å². The highest BCUT2D eigenvalue weighted by Gasteiger charge is 2.09. The van der Waals surface area contributed by atoms with E-state index in [1.807, 2.05) is 16.3 Å². The number of nitrogens with one attached hydrogen (secondary N) is 1. The average molecular weight is 312 g/mol. The van der Waals surface area contributed by atoms with Crippen molar-refractivity contribution in [3.63, 3.8) is 0 Å². The van der Waals surface area contributed by atoms with Crippen molar-refractivity contribution in [2.75, 3.05) is 5.32 Å². The Morgan fingerprint density at radius 1 is 1.14 bits per heavy atom. The standard InChI is InChI=1S/C15H25N5.ClH/c1-6-7-19-9-14(12(4)17-19)8-16-15-10-20(11(2)3)18-13(15)5;/h9-11,16H,6-8H2,1-5H3;1H. The van der Waals surface area contributed by atoms with Crippen LogP contribution >= 0.6 is 12.4 Å². The molecule has 2 rings (SSSR count). The monoisotopic (exact) mass is 311 g/mol. The van der Waals surface area contributed by atoms with E-state index in [2.05, 4.69) is 55.6 Å². The van der Waals surface area contributed by atoms with Gasteiger partial charge in [-0.3, -0.25) is 9.36 Å². The lowest BCUT2D eigenvalue weighted by Gasteiger charge is -2.04. The van der Waals surface area contributed by atoms with E-state index in [1.165, 1.54) is 5.56 Å². The van der Waals surface area contributed by atoms with Crippen LogP contribution in [-0.4, -0.2) is 19.6 Å². The minimum atomic E-state index is 0. The molecule has 2 aromatic heterocycles. The zero-order valence-corrected chi connectivity index (χ0v) is 14.4. The molecule has 0 saturated carbocycles. The quantitative estimate of drug-likeness (QED) is 0.884. The number of anilines is 1. The van der Waals surface area contributed by atoms with E-state index in [0.29, 0.717) is 6.04 Å². The van der Waals surface area contributed by atoms with Gasteiger partial charge >= 0.3 is 0 Å². The molecule has 0 saturated heterocycles. The molecule has 0 atom stereocenters. The van der Waals surface area contributed by atoms with E-state index in [4.69, 9.17) is 0 Å². The van der Waals surface area contributed by atoms with Gasteiger partial charge in [0.05, 0.1) is 17.1 Å². The van der Waals surface area contributed by atoms with Gasteiger partial charge in [-0.2, -0.15) is 10.2 Å². The maximum atomic E-state index is 4.52. The number of rotatable bonds is 6. The maximum Gasteiger partial charge on any atom is 0.0825 e. The van der Waals surface area contributed by atoms with Gasteiger partial charge in [0.2, 0.25) is 0 Å². The van der Waals surface area contributed by atoms with E-state index < -0.39 is 0 Å². The van der Waals surface area contributed by atoms with Crippen LogP contribution in [0.1, 0.15) is 50.2 Å². The Bertz CT molecular complexity index is 571. The van der Waals surface area contributed by atoms with Gasteiger partial charge < -0.3 is 5.32 Å². The molecule has 0 radical (unpaired) electrons. The third-order valence-electron chi connectivity index (χ3n) is 3.42. The van der Waals surface area contributed by atoms with Crippen molar-refractivity contribution in [1.82, 2.24) is 19.6 Å². The Morgan fingerprint density at radius 3 is 2.43 bits per heavy atom. The zero-order valence-electron chi connectivity index (χ0n) is 13.6. The SMILES string of the molecule is CCCn1cc(CNc2cn(C(C)C)nc2C)c(C)n1.Cl. The molecular weight excluding hydrogens is 286 g/mol. The number of nitrogens with zero attached hydrogens (tertiary/aromatic N) is 4. The molecule has 118 valence electrons. The largest absolute Gasteiger partial charge is 0.378 e. The van der Waals surface area contributed by atoms with Gasteiger partial charge in [0.1, 0.15) is 0 Å². The van der Waals surface area contributed by atoms with Crippen molar-refractivity contribution >= 4 is 18.1 Å². The summed E-state index contributed by atoms with van der Waals surface area (Å²) >= 11 is 0. The fraction of sp³-hybridized carbons (Fsp3) is 0.600. The van der Waals surface area contributed by atoms with Gasteiger partial charge in [-0.15, -0.1) is 12.4 Å². The summed E-state index contributed by atoms with van der Waals surface area (Å²) in [6.45, 7) is 12.3. The smallest absolute Gasteiger partial charge is 0.0825 e. The number of halogens is 1. The highest BCUT2D eigenvalue weighted by molar-refractivity contribution is 5.85. The van der Waals surface area contributed by atoms with Gasteiger partial charge in [-0.25, -0.2) is 0 Å². The fourth-order valence-electron chi connectivity index (χ4n) is 2.19. The summed E-state index contributed by atoms with van der Waals surface area (Å²) in [4.78, 5) is 0. The molecule has 21 heavy (non-hydrogen) atoms. The van der Waals surface area contributed by atoms with Crippen LogP contribution in [0.3, 0.4) is 0 Å². The molecule has 0 aliphatic rings. The molecule has 0 fully saturated rings. The first-order valence-corrected chi connectivity index (χ1v) is 7.33. The van der Waals surface area contributed by atoms with Crippen LogP contribution in [0.15, 0.2) is 12.4 Å². The topological polar surface area (TPSA) is 47.7 Å². The van der Waals surface area contributed by atoms with Gasteiger partial charge in [0.15, 0.2) is 0 Å². The predicted octanol–water partition coefficient (Wildman–Crippen LogP) is 3.72. The van der Waals surface area contributed by atoms with Gasteiger partial charge in [0, 0.05) is 37.1 Å². The molecule has 2 heterocycles. The molecule has 0 amide bonds. The highest BCUT2D eigenvalue weighted by atomic mass is 35.5. The summed E-state index contributed by atoms with van der Waals surface area (Å²) in [6, 6.07) is 0.387. The summed E-state index contributed by atoms with van der Waals surface area (Å²) in [7, 11) is 0. The number of aryl methyl sites for hydroxylation is 3. The number of hydrogen-bond acceptors (Lipinski definition) is 3. The molecule has 0 spiro atoms. The average Bonchev–Trinajstić information content (AvgIpc) is 2.91. The summed E-state index contributed by atoms with van der Waals surface area (Å²) in [5, 5.41) is 12.5. The van der Waals surface area contributed by atoms with Crippen LogP contribution in [-0.2, 0) is 13.1 Å². The van der Waals surface area contributed by atoms with E-state index in [0.717, 1.165) is 36.6 Å². The third kappa shape index (κ3) is 4.24. The first-order valence-electron chi connectivity index (χ1n) is 7.33.